The van der Waals surface area contributed by atoms with E-state index >= 15 is 0 Å². The van der Waals surface area contributed by atoms with Crippen molar-refractivity contribution in [2.45, 2.75) is 53.1 Å². The summed E-state index contributed by atoms with van der Waals surface area (Å²) < 4.78 is 11.3. The SMILES string of the molecule is COc1ccc(OCc2cc(C)cc(C3C(C#N)=C(N)N(c4ccc(Cl)cc4[N+](=O)[O-])C4=C3C(=O)CC(C)(C)C4)c2C)cc1. The number of hydrogen-bond donors (Lipinski definition) is 1. The summed E-state index contributed by atoms with van der Waals surface area (Å²) in [5.74, 6) is 0.562. The van der Waals surface area contributed by atoms with E-state index in [4.69, 9.17) is 26.8 Å². The minimum atomic E-state index is -0.749. The number of carbonyl (C=O) groups is 1. The lowest BCUT2D eigenvalue weighted by Crippen LogP contribution is -2.42. The van der Waals surface area contributed by atoms with Crippen molar-refractivity contribution in [1.29, 1.82) is 5.26 Å². The van der Waals surface area contributed by atoms with E-state index in [1.165, 1.54) is 23.1 Å². The summed E-state index contributed by atoms with van der Waals surface area (Å²) in [7, 11) is 1.60. The number of allylic oxidation sites excluding steroid dienone is 3. The van der Waals surface area contributed by atoms with Gasteiger partial charge in [-0.3, -0.25) is 19.8 Å². The normalized spacial score (nSPS) is 17.7. The molecular weight excluding hydrogens is 580 g/mol. The van der Waals surface area contributed by atoms with E-state index in [1.54, 1.807) is 7.11 Å². The van der Waals surface area contributed by atoms with Crippen LogP contribution in [0.5, 0.6) is 11.5 Å². The Bertz CT molecular complexity index is 1790. The van der Waals surface area contributed by atoms with Crippen LogP contribution in [0.25, 0.3) is 0 Å². The molecular formula is C34H33ClN4O5. The summed E-state index contributed by atoms with van der Waals surface area (Å²) >= 11 is 6.13. The molecule has 1 unspecified atom stereocenters. The minimum absolute atomic E-state index is 0.0455. The third-order valence-electron chi connectivity index (χ3n) is 8.22. The number of benzene rings is 3. The highest BCUT2D eigenvalue weighted by Crippen LogP contribution is 2.52. The van der Waals surface area contributed by atoms with Gasteiger partial charge >= 0.3 is 0 Å². The largest absolute Gasteiger partial charge is 0.497 e. The number of carbonyl (C=O) groups excluding carboxylic acids is 1. The Balaban J connectivity index is 1.68. The number of nitrogens with zero attached hydrogens (tertiary/aromatic N) is 3. The molecule has 0 saturated carbocycles. The van der Waals surface area contributed by atoms with Gasteiger partial charge in [0.05, 0.1) is 29.6 Å². The van der Waals surface area contributed by atoms with Crippen LogP contribution in [-0.4, -0.2) is 17.8 Å². The lowest BCUT2D eigenvalue weighted by Gasteiger charge is -2.43. The Morgan fingerprint density at radius 1 is 1.11 bits per heavy atom. The zero-order chi connectivity index (χ0) is 31.9. The number of nitriles is 1. The van der Waals surface area contributed by atoms with Crippen LogP contribution >= 0.6 is 11.6 Å². The first-order chi connectivity index (χ1) is 20.8. The molecule has 3 aromatic rings. The van der Waals surface area contributed by atoms with Crippen molar-refractivity contribution >= 4 is 28.8 Å². The number of rotatable bonds is 7. The Kier molecular flexibility index (Phi) is 8.15. The minimum Gasteiger partial charge on any atom is -0.497 e. The number of nitro groups is 1. The topological polar surface area (TPSA) is 132 Å². The molecule has 0 bridgehead atoms. The maximum Gasteiger partial charge on any atom is 0.294 e. The van der Waals surface area contributed by atoms with E-state index in [0.717, 1.165) is 28.0 Å². The van der Waals surface area contributed by atoms with Gasteiger partial charge in [0.1, 0.15) is 29.6 Å². The third kappa shape index (κ3) is 5.61. The lowest BCUT2D eigenvalue weighted by atomic mass is 9.68. The molecule has 226 valence electrons. The Morgan fingerprint density at radius 3 is 2.43 bits per heavy atom. The number of aryl methyl sites for hydroxylation is 1. The number of nitro benzene ring substituents is 1. The fourth-order valence-corrected chi connectivity index (χ4v) is 6.34. The van der Waals surface area contributed by atoms with Crippen molar-refractivity contribution in [1.82, 2.24) is 0 Å². The second-order valence-corrected chi connectivity index (χ2v) is 12.4. The molecule has 3 aromatic carbocycles. The van der Waals surface area contributed by atoms with Crippen LogP contribution in [0, 0.1) is 40.7 Å². The van der Waals surface area contributed by atoms with Gasteiger partial charge in [-0.15, -0.1) is 0 Å². The third-order valence-corrected chi connectivity index (χ3v) is 8.46. The van der Waals surface area contributed by atoms with Crippen molar-refractivity contribution in [3.05, 3.63) is 115 Å². The predicted octanol–water partition coefficient (Wildman–Crippen LogP) is 7.39. The van der Waals surface area contributed by atoms with Gasteiger partial charge < -0.3 is 15.2 Å². The summed E-state index contributed by atoms with van der Waals surface area (Å²) in [5.41, 5.74) is 10.8. The molecule has 1 aliphatic carbocycles. The molecule has 0 aromatic heterocycles. The molecule has 44 heavy (non-hydrogen) atoms. The number of halogens is 1. The first kappa shape index (κ1) is 30.6. The van der Waals surface area contributed by atoms with Gasteiger partial charge in [0.2, 0.25) is 0 Å². The first-order valence-electron chi connectivity index (χ1n) is 14.1. The zero-order valence-corrected chi connectivity index (χ0v) is 26.0. The second kappa shape index (κ2) is 11.7. The fourth-order valence-electron chi connectivity index (χ4n) is 6.17. The maximum atomic E-state index is 14.0. The molecule has 2 N–H and O–H groups in total. The number of hydrogen-bond acceptors (Lipinski definition) is 8. The summed E-state index contributed by atoms with van der Waals surface area (Å²) in [6, 6.07) is 17.8. The molecule has 0 radical (unpaired) electrons. The molecule has 10 heteroatoms. The van der Waals surface area contributed by atoms with Gasteiger partial charge in [-0.25, -0.2) is 0 Å². The number of ether oxygens (including phenoxy) is 2. The highest BCUT2D eigenvalue weighted by atomic mass is 35.5. The van der Waals surface area contributed by atoms with Crippen molar-refractivity contribution in [3.8, 4) is 17.6 Å². The molecule has 0 saturated heterocycles. The molecule has 1 atom stereocenters. The van der Waals surface area contributed by atoms with E-state index in [-0.39, 0.29) is 46.6 Å². The van der Waals surface area contributed by atoms with Gasteiger partial charge in [-0.1, -0.05) is 43.1 Å². The van der Waals surface area contributed by atoms with Gasteiger partial charge in [0.15, 0.2) is 5.78 Å². The standard InChI is InChI=1S/C34H33ClN4O5/c1-19-12-21(18-44-24-9-7-23(43-5)8-10-24)20(2)25(13-19)31-26(17-36)33(37)38(27-11-6-22(35)14-28(27)39(41)42)29-15-34(3,4)16-30(40)32(29)31/h6-14,31H,15-16,18,37H2,1-5H3. The van der Waals surface area contributed by atoms with E-state index in [1.807, 2.05) is 64.1 Å². The van der Waals surface area contributed by atoms with Crippen LogP contribution in [0.1, 0.15) is 54.9 Å². The van der Waals surface area contributed by atoms with Crippen LogP contribution in [-0.2, 0) is 11.4 Å². The van der Waals surface area contributed by atoms with Gasteiger partial charge in [-0.2, -0.15) is 5.26 Å². The molecule has 1 heterocycles. The second-order valence-electron chi connectivity index (χ2n) is 12.0. The maximum absolute atomic E-state index is 14.0. The van der Waals surface area contributed by atoms with Gasteiger partial charge in [0.25, 0.3) is 5.69 Å². The number of ketones is 1. The van der Waals surface area contributed by atoms with Crippen LogP contribution in [0.15, 0.2) is 77.3 Å². The lowest BCUT2D eigenvalue weighted by molar-refractivity contribution is -0.384. The number of nitrogens with two attached hydrogens (primary N) is 1. The van der Waals surface area contributed by atoms with Crippen molar-refractivity contribution in [2.75, 3.05) is 12.0 Å². The van der Waals surface area contributed by atoms with Crippen LogP contribution in [0.4, 0.5) is 11.4 Å². The van der Waals surface area contributed by atoms with E-state index in [0.29, 0.717) is 23.4 Å². The van der Waals surface area contributed by atoms with E-state index < -0.39 is 16.3 Å². The number of Topliss-reactive ketones (excluding diaryl/α,β-unsaturated/α-hetero) is 1. The Labute approximate surface area is 261 Å². The summed E-state index contributed by atoms with van der Waals surface area (Å²) in [5, 5.41) is 22.9. The summed E-state index contributed by atoms with van der Waals surface area (Å²) in [6.45, 7) is 8.11. The van der Waals surface area contributed by atoms with Gasteiger partial charge in [0, 0.05) is 28.8 Å². The molecule has 0 amide bonds. The predicted molar refractivity (Wildman–Crippen MR) is 168 cm³/mol. The van der Waals surface area contributed by atoms with Crippen molar-refractivity contribution < 1.29 is 19.2 Å². The molecule has 0 fully saturated rings. The van der Waals surface area contributed by atoms with Crippen LogP contribution in [0.3, 0.4) is 0 Å². The molecule has 0 spiro atoms. The summed E-state index contributed by atoms with van der Waals surface area (Å²) in [4.78, 5) is 27.1. The first-order valence-corrected chi connectivity index (χ1v) is 14.5. The monoisotopic (exact) mass is 612 g/mol. The van der Waals surface area contributed by atoms with E-state index in [9.17, 15) is 20.2 Å². The molecule has 9 nitrogen and oxygen atoms in total. The average Bonchev–Trinajstić information content (AvgIpc) is 2.97. The quantitative estimate of drug-likeness (QED) is 0.216. The summed E-state index contributed by atoms with van der Waals surface area (Å²) in [6.07, 6.45) is 0.678. The average molecular weight is 613 g/mol. The Hall–Kier alpha value is -4.81. The van der Waals surface area contributed by atoms with Crippen molar-refractivity contribution in [2.24, 2.45) is 11.1 Å². The van der Waals surface area contributed by atoms with Gasteiger partial charge in [-0.05, 0) is 78.8 Å². The van der Waals surface area contributed by atoms with E-state index in [2.05, 4.69) is 6.07 Å². The highest BCUT2D eigenvalue weighted by Gasteiger charge is 2.46. The number of anilines is 1. The fraction of sp³-hybridized carbons (Fsp3) is 0.294. The van der Waals surface area contributed by atoms with Crippen molar-refractivity contribution in [3.63, 3.8) is 0 Å². The highest BCUT2D eigenvalue weighted by molar-refractivity contribution is 6.31. The Morgan fingerprint density at radius 2 is 1.80 bits per heavy atom. The zero-order valence-electron chi connectivity index (χ0n) is 25.2. The number of methoxy groups -OCH3 is 1. The van der Waals surface area contributed by atoms with Crippen LogP contribution in [0.2, 0.25) is 5.02 Å². The molecule has 1 aliphatic heterocycles. The van der Waals surface area contributed by atoms with Crippen LogP contribution < -0.4 is 20.1 Å². The molecule has 2 aliphatic rings. The smallest absolute Gasteiger partial charge is 0.294 e. The molecule has 5 rings (SSSR count).